The highest BCUT2D eigenvalue weighted by Gasteiger charge is 2.41. The first kappa shape index (κ1) is 19.2. The summed E-state index contributed by atoms with van der Waals surface area (Å²) in [5, 5.41) is 14.9. The highest BCUT2D eigenvalue weighted by molar-refractivity contribution is 5.75. The Balaban J connectivity index is 2.50. The lowest BCUT2D eigenvalue weighted by atomic mass is 9.76. The van der Waals surface area contributed by atoms with Crippen LogP contribution in [0.4, 0.5) is 0 Å². The van der Waals surface area contributed by atoms with Gasteiger partial charge in [-0.1, -0.05) is 41.5 Å². The van der Waals surface area contributed by atoms with Crippen molar-refractivity contribution in [1.29, 1.82) is 0 Å². The Morgan fingerprint density at radius 1 is 1.24 bits per heavy atom. The van der Waals surface area contributed by atoms with Gasteiger partial charge in [-0.25, -0.2) is 0 Å². The molecule has 0 saturated heterocycles. The third kappa shape index (κ3) is 3.94. The smallest absolute Gasteiger partial charge is 0.208 e. The van der Waals surface area contributed by atoms with Crippen molar-refractivity contribution in [3.63, 3.8) is 0 Å². The number of nitrogens with one attached hydrogen (secondary N) is 1. The Morgan fingerprint density at radius 3 is 2.32 bits per heavy atom. The van der Waals surface area contributed by atoms with Crippen LogP contribution in [0.3, 0.4) is 0 Å². The van der Waals surface area contributed by atoms with E-state index in [1.165, 1.54) is 0 Å². The van der Waals surface area contributed by atoms with E-state index in [-0.39, 0.29) is 16.8 Å². The zero-order chi connectivity index (χ0) is 19.2. The quantitative estimate of drug-likeness (QED) is 0.381. The van der Waals surface area contributed by atoms with Gasteiger partial charge in [-0.05, 0) is 23.8 Å². The minimum absolute atomic E-state index is 0.0119. The Hall–Kier alpha value is -2.11. The van der Waals surface area contributed by atoms with Crippen molar-refractivity contribution < 1.29 is 9.84 Å². The van der Waals surface area contributed by atoms with Gasteiger partial charge in [0.2, 0.25) is 5.96 Å². The van der Waals surface area contributed by atoms with Crippen LogP contribution in [-0.4, -0.2) is 23.2 Å². The summed E-state index contributed by atoms with van der Waals surface area (Å²) in [6.07, 6.45) is 0.680. The number of benzene rings is 1. The number of phenolic OH excluding ortho intramolecular Hbond substituents is 1. The van der Waals surface area contributed by atoms with Gasteiger partial charge in [-0.3, -0.25) is 0 Å². The molecule has 6 N–H and O–H groups in total. The van der Waals surface area contributed by atoms with Gasteiger partial charge in [-0.2, -0.15) is 0 Å². The molecule has 25 heavy (non-hydrogen) atoms. The van der Waals surface area contributed by atoms with Gasteiger partial charge in [0, 0.05) is 23.1 Å². The van der Waals surface area contributed by atoms with E-state index in [9.17, 15) is 5.11 Å². The molecule has 0 amide bonds. The van der Waals surface area contributed by atoms with Crippen LogP contribution in [0, 0.1) is 0 Å². The van der Waals surface area contributed by atoms with E-state index >= 15 is 0 Å². The van der Waals surface area contributed by atoms with Crippen LogP contribution >= 0.6 is 0 Å². The van der Waals surface area contributed by atoms with E-state index in [1.807, 2.05) is 13.0 Å². The van der Waals surface area contributed by atoms with Gasteiger partial charge in [0.1, 0.15) is 17.1 Å². The zero-order valence-corrected chi connectivity index (χ0v) is 16.4. The molecule has 1 heterocycles. The van der Waals surface area contributed by atoms with Gasteiger partial charge in [0.15, 0.2) is 0 Å². The molecular weight excluding hydrogens is 316 g/mol. The number of hydrogen-bond acceptors (Lipinski definition) is 4. The maximum Gasteiger partial charge on any atom is 0.208 e. The lowest BCUT2D eigenvalue weighted by Gasteiger charge is -2.29. The SMILES string of the molecule is CC1(CNN=C(N)N)Cc2c(cc(C(C)(C)C)c(O)c2C(C)(C)C)O1. The molecule has 0 aromatic heterocycles. The van der Waals surface area contributed by atoms with Gasteiger partial charge in [-0.15, -0.1) is 5.10 Å². The fraction of sp³-hybridized carbons (Fsp3) is 0.632. The zero-order valence-electron chi connectivity index (χ0n) is 16.4. The van der Waals surface area contributed by atoms with Crippen LogP contribution in [0.2, 0.25) is 0 Å². The summed E-state index contributed by atoms with van der Waals surface area (Å²) >= 11 is 0. The molecule has 0 spiro atoms. The number of phenols is 1. The molecule has 1 aliphatic heterocycles. The average molecular weight is 348 g/mol. The molecular formula is C19H32N4O2. The van der Waals surface area contributed by atoms with Crippen molar-refractivity contribution in [3.05, 3.63) is 22.8 Å². The van der Waals surface area contributed by atoms with Crippen LogP contribution in [0.15, 0.2) is 11.2 Å². The number of ether oxygens (including phenoxy) is 1. The molecule has 1 unspecified atom stereocenters. The number of nitrogens with zero attached hydrogens (tertiary/aromatic N) is 1. The van der Waals surface area contributed by atoms with Crippen molar-refractivity contribution in [2.24, 2.45) is 16.6 Å². The highest BCUT2D eigenvalue weighted by atomic mass is 16.5. The second-order valence-electron chi connectivity index (χ2n) is 9.22. The van der Waals surface area contributed by atoms with Gasteiger partial charge >= 0.3 is 0 Å². The topological polar surface area (TPSA) is 106 Å². The Labute approximate surface area is 150 Å². The summed E-state index contributed by atoms with van der Waals surface area (Å²) in [5.74, 6) is 1.20. The van der Waals surface area contributed by atoms with Crippen LogP contribution in [-0.2, 0) is 17.3 Å². The Kier molecular flexibility index (Phi) is 4.61. The summed E-state index contributed by atoms with van der Waals surface area (Å²) in [6, 6.07) is 1.98. The van der Waals surface area contributed by atoms with Crippen molar-refractivity contribution in [3.8, 4) is 11.5 Å². The van der Waals surface area contributed by atoms with Crippen LogP contribution in [0.1, 0.15) is 65.2 Å². The van der Waals surface area contributed by atoms with Crippen molar-refractivity contribution >= 4 is 5.96 Å². The molecule has 0 aliphatic carbocycles. The van der Waals surface area contributed by atoms with Gasteiger partial charge < -0.3 is 26.7 Å². The number of rotatable bonds is 3. The van der Waals surface area contributed by atoms with Gasteiger partial charge in [0.05, 0.1) is 6.54 Å². The molecule has 0 saturated carbocycles. The molecule has 6 heteroatoms. The largest absolute Gasteiger partial charge is 0.507 e. The highest BCUT2D eigenvalue weighted by Crippen LogP contribution is 2.49. The predicted octanol–water partition coefficient (Wildman–Crippen LogP) is 2.46. The second kappa shape index (κ2) is 6.00. The second-order valence-corrected chi connectivity index (χ2v) is 9.22. The normalized spacial score (nSPS) is 20.0. The summed E-state index contributed by atoms with van der Waals surface area (Å²) in [7, 11) is 0. The summed E-state index contributed by atoms with van der Waals surface area (Å²) in [6.45, 7) is 15.1. The van der Waals surface area contributed by atoms with E-state index in [0.29, 0.717) is 18.7 Å². The molecule has 1 aromatic rings. The molecule has 0 fully saturated rings. The van der Waals surface area contributed by atoms with Crippen LogP contribution in [0.5, 0.6) is 11.5 Å². The van der Waals surface area contributed by atoms with Crippen LogP contribution < -0.4 is 21.6 Å². The third-order valence-corrected chi connectivity index (χ3v) is 4.49. The summed E-state index contributed by atoms with van der Waals surface area (Å²) < 4.78 is 6.28. The van der Waals surface area contributed by atoms with E-state index in [1.54, 1.807) is 0 Å². The fourth-order valence-electron chi connectivity index (χ4n) is 3.41. The minimum atomic E-state index is -0.482. The number of guanidine groups is 1. The van der Waals surface area contributed by atoms with Gasteiger partial charge in [0.25, 0.3) is 0 Å². The lowest BCUT2D eigenvalue weighted by molar-refractivity contribution is 0.115. The molecule has 140 valence electrons. The monoisotopic (exact) mass is 348 g/mol. The molecule has 2 rings (SSSR count). The van der Waals surface area contributed by atoms with E-state index in [0.717, 1.165) is 22.4 Å². The Morgan fingerprint density at radius 2 is 1.84 bits per heavy atom. The number of aromatic hydroxyl groups is 1. The first-order valence-electron chi connectivity index (χ1n) is 8.65. The first-order chi connectivity index (χ1) is 11.2. The molecule has 1 aliphatic rings. The number of hydrogen-bond donors (Lipinski definition) is 4. The average Bonchev–Trinajstić information content (AvgIpc) is 2.70. The van der Waals surface area contributed by atoms with Crippen molar-refractivity contribution in [2.45, 2.75) is 71.3 Å². The number of fused-ring (bicyclic) bond motifs is 1. The summed E-state index contributed by atoms with van der Waals surface area (Å²) in [5.41, 5.74) is 15.7. The van der Waals surface area contributed by atoms with Crippen molar-refractivity contribution in [1.82, 2.24) is 5.43 Å². The fourth-order valence-corrected chi connectivity index (χ4v) is 3.41. The maximum atomic E-state index is 11.0. The maximum absolute atomic E-state index is 11.0. The van der Waals surface area contributed by atoms with E-state index < -0.39 is 5.60 Å². The van der Waals surface area contributed by atoms with E-state index in [2.05, 4.69) is 52.1 Å². The van der Waals surface area contributed by atoms with Crippen molar-refractivity contribution in [2.75, 3.05) is 6.54 Å². The molecule has 6 nitrogen and oxygen atoms in total. The number of hydrazone groups is 1. The molecule has 0 radical (unpaired) electrons. The molecule has 1 atom stereocenters. The Bertz CT molecular complexity index is 695. The molecule has 1 aromatic carbocycles. The first-order valence-corrected chi connectivity index (χ1v) is 8.65. The molecule has 0 bridgehead atoms. The standard InChI is InChI=1S/C19H32N4O2/c1-17(2,3)12-8-13-11(14(15(12)24)18(4,5)6)9-19(7,25-13)10-22-23-16(20)21/h8,22,24H,9-10H2,1-7H3,(H4,20,21,23). The van der Waals surface area contributed by atoms with Crippen LogP contribution in [0.25, 0.3) is 0 Å². The minimum Gasteiger partial charge on any atom is -0.507 e. The predicted molar refractivity (Wildman–Crippen MR) is 102 cm³/mol. The third-order valence-electron chi connectivity index (χ3n) is 4.49. The summed E-state index contributed by atoms with van der Waals surface area (Å²) in [4.78, 5) is 0. The number of nitrogens with two attached hydrogens (primary N) is 2. The lowest BCUT2D eigenvalue weighted by Crippen LogP contribution is -2.41. The van der Waals surface area contributed by atoms with E-state index in [4.69, 9.17) is 16.2 Å².